The number of methoxy groups -OCH3 is 1. The second kappa shape index (κ2) is 10.8. The van der Waals surface area contributed by atoms with Crippen molar-refractivity contribution >= 4 is 22.4 Å². The molecule has 1 aromatic carbocycles. The minimum atomic E-state index is -4.72. The lowest BCUT2D eigenvalue weighted by molar-refractivity contribution is -0.153. The molecule has 1 aliphatic rings. The minimum Gasteiger partial charge on any atom is -0.481 e. The molecule has 0 radical (unpaired) electrons. The molecule has 0 amide bonds. The van der Waals surface area contributed by atoms with Gasteiger partial charge in [-0.2, -0.15) is 17.9 Å². The van der Waals surface area contributed by atoms with E-state index in [1.54, 1.807) is 24.0 Å². The zero-order chi connectivity index (χ0) is 22.6. The first-order chi connectivity index (χ1) is 14.5. The Kier molecular flexibility index (Phi) is 8.92. The van der Waals surface area contributed by atoms with E-state index < -0.39 is 22.2 Å². The Labute approximate surface area is 192 Å². The fraction of sp³-hybridized carbons (Fsp3) is 0.476. The fourth-order valence-corrected chi connectivity index (χ4v) is 4.47. The van der Waals surface area contributed by atoms with Crippen molar-refractivity contribution < 1.29 is 26.3 Å². The molecule has 3 rings (SSSR count). The third kappa shape index (κ3) is 7.33. The summed E-state index contributed by atoms with van der Waals surface area (Å²) in [5.74, 6) is 0.950. The van der Waals surface area contributed by atoms with Gasteiger partial charge in [0.25, 0.3) is 0 Å². The standard InChI is InChI=1S/C21H26F3N3O3S.ClH/c1-30-19-5-3-4-18(25-19)16-10-12-27(13-11-16)14-15-6-8-17(9-7-15)20(21(22,23)24)26-31(2,28)29;/h3-9,16,20,26H,10-14H2,1-2H3;1H/t20-;/m0./s1. The molecule has 0 unspecified atom stereocenters. The second-order valence-corrected chi connectivity index (χ2v) is 9.54. The first-order valence-electron chi connectivity index (χ1n) is 9.91. The van der Waals surface area contributed by atoms with E-state index in [1.165, 1.54) is 12.1 Å². The minimum absolute atomic E-state index is 0. The molecule has 6 nitrogen and oxygen atoms in total. The molecule has 11 heteroatoms. The number of halogens is 4. The summed E-state index contributed by atoms with van der Waals surface area (Å²) in [7, 11) is -2.42. The van der Waals surface area contributed by atoms with Gasteiger partial charge in [0.15, 0.2) is 0 Å². The van der Waals surface area contributed by atoms with Gasteiger partial charge in [-0.05, 0) is 43.1 Å². The number of hydrogen-bond donors (Lipinski definition) is 1. The van der Waals surface area contributed by atoms with Crippen LogP contribution >= 0.6 is 12.4 Å². The van der Waals surface area contributed by atoms with E-state index in [2.05, 4.69) is 9.88 Å². The number of sulfonamides is 1. The number of pyridine rings is 1. The Hall–Kier alpha value is -1.88. The molecule has 1 saturated heterocycles. The van der Waals surface area contributed by atoms with Crippen LogP contribution in [0.25, 0.3) is 0 Å². The van der Waals surface area contributed by atoms with E-state index in [0.29, 0.717) is 24.6 Å². The Morgan fingerprint density at radius 1 is 1.16 bits per heavy atom. The highest BCUT2D eigenvalue weighted by Crippen LogP contribution is 2.33. The lowest BCUT2D eigenvalue weighted by Gasteiger charge is -2.32. The second-order valence-electron chi connectivity index (χ2n) is 7.76. The van der Waals surface area contributed by atoms with Crippen LogP contribution in [0.2, 0.25) is 0 Å². The van der Waals surface area contributed by atoms with Gasteiger partial charge in [0.05, 0.1) is 13.4 Å². The van der Waals surface area contributed by atoms with E-state index in [9.17, 15) is 21.6 Å². The number of nitrogens with zero attached hydrogens (tertiary/aromatic N) is 2. The molecule has 178 valence electrons. The number of hydrogen-bond acceptors (Lipinski definition) is 5. The average Bonchev–Trinajstić information content (AvgIpc) is 2.72. The van der Waals surface area contributed by atoms with Crippen molar-refractivity contribution in [1.82, 2.24) is 14.6 Å². The quantitative estimate of drug-likeness (QED) is 0.630. The topological polar surface area (TPSA) is 71.5 Å². The van der Waals surface area contributed by atoms with Crippen molar-refractivity contribution in [1.29, 1.82) is 0 Å². The molecule has 32 heavy (non-hydrogen) atoms. The predicted molar refractivity (Wildman–Crippen MR) is 119 cm³/mol. The number of nitrogens with one attached hydrogen (secondary N) is 1. The summed E-state index contributed by atoms with van der Waals surface area (Å²) in [5.41, 5.74) is 1.76. The van der Waals surface area contributed by atoms with E-state index >= 15 is 0 Å². The number of piperidine rings is 1. The van der Waals surface area contributed by atoms with E-state index in [-0.39, 0.29) is 18.0 Å². The average molecular weight is 494 g/mol. The number of alkyl halides is 3. The molecule has 2 heterocycles. The van der Waals surface area contributed by atoms with Gasteiger partial charge in [0.1, 0.15) is 6.04 Å². The highest BCUT2D eigenvalue weighted by Gasteiger charge is 2.42. The van der Waals surface area contributed by atoms with E-state index in [0.717, 1.165) is 37.2 Å². The molecule has 2 aromatic rings. The third-order valence-corrected chi connectivity index (χ3v) is 6.00. The normalized spacial score (nSPS) is 16.9. The molecule has 1 N–H and O–H groups in total. The zero-order valence-corrected chi connectivity index (χ0v) is 19.4. The summed E-state index contributed by atoms with van der Waals surface area (Å²) in [6.07, 6.45) is -2.13. The van der Waals surface area contributed by atoms with Gasteiger partial charge in [0.2, 0.25) is 15.9 Å². The molecular weight excluding hydrogens is 467 g/mol. The highest BCUT2D eigenvalue weighted by molar-refractivity contribution is 7.88. The molecule has 0 saturated carbocycles. The molecule has 0 aliphatic carbocycles. The Morgan fingerprint density at radius 2 is 1.78 bits per heavy atom. The van der Waals surface area contributed by atoms with Crippen LogP contribution < -0.4 is 9.46 Å². The van der Waals surface area contributed by atoms with Crippen LogP contribution in [0.1, 0.15) is 41.6 Å². The van der Waals surface area contributed by atoms with Crippen LogP contribution in [0, 0.1) is 0 Å². The van der Waals surface area contributed by atoms with Crippen LogP contribution in [0.15, 0.2) is 42.5 Å². The van der Waals surface area contributed by atoms with Gasteiger partial charge in [-0.3, -0.25) is 4.90 Å². The van der Waals surface area contributed by atoms with Gasteiger partial charge < -0.3 is 4.74 Å². The van der Waals surface area contributed by atoms with Crippen molar-refractivity contribution in [2.75, 3.05) is 26.5 Å². The molecule has 0 bridgehead atoms. The van der Waals surface area contributed by atoms with Gasteiger partial charge in [-0.25, -0.2) is 13.4 Å². The highest BCUT2D eigenvalue weighted by atomic mass is 35.5. The van der Waals surface area contributed by atoms with E-state index in [1.807, 2.05) is 18.2 Å². The number of ether oxygens (including phenoxy) is 1. The van der Waals surface area contributed by atoms with Crippen LogP contribution in [0.5, 0.6) is 5.88 Å². The first-order valence-corrected chi connectivity index (χ1v) is 11.8. The predicted octanol–water partition coefficient (Wildman–Crippen LogP) is 4.04. The molecule has 1 aliphatic heterocycles. The summed E-state index contributed by atoms with van der Waals surface area (Å²) in [4.78, 5) is 6.77. The van der Waals surface area contributed by atoms with Crippen LogP contribution in [0.3, 0.4) is 0 Å². The smallest absolute Gasteiger partial charge is 0.408 e. The fourth-order valence-electron chi connectivity index (χ4n) is 3.77. The summed E-state index contributed by atoms with van der Waals surface area (Å²) >= 11 is 0. The number of benzene rings is 1. The molecule has 0 spiro atoms. The van der Waals surface area contributed by atoms with Crippen molar-refractivity contribution in [2.45, 2.75) is 37.5 Å². The summed E-state index contributed by atoms with van der Waals surface area (Å²) in [5, 5.41) is 0. The van der Waals surface area contributed by atoms with Crippen molar-refractivity contribution in [2.24, 2.45) is 0 Å². The largest absolute Gasteiger partial charge is 0.481 e. The zero-order valence-electron chi connectivity index (χ0n) is 17.8. The maximum Gasteiger partial charge on any atom is 0.408 e. The number of aromatic nitrogens is 1. The van der Waals surface area contributed by atoms with E-state index in [4.69, 9.17) is 4.74 Å². The summed E-state index contributed by atoms with van der Waals surface area (Å²) in [6, 6.07) is 9.39. The lowest BCUT2D eigenvalue weighted by atomic mass is 9.92. The third-order valence-electron chi connectivity index (χ3n) is 5.34. The summed E-state index contributed by atoms with van der Waals surface area (Å²) < 4.78 is 69.4. The maximum atomic E-state index is 13.3. The molecule has 1 atom stereocenters. The summed E-state index contributed by atoms with van der Waals surface area (Å²) in [6.45, 7) is 2.33. The molecule has 1 fully saturated rings. The van der Waals surface area contributed by atoms with Crippen molar-refractivity contribution in [3.63, 3.8) is 0 Å². The number of rotatable bonds is 7. The van der Waals surface area contributed by atoms with Gasteiger partial charge in [0, 0.05) is 24.2 Å². The number of likely N-dealkylation sites (tertiary alicyclic amines) is 1. The van der Waals surface area contributed by atoms with Crippen molar-refractivity contribution in [3.8, 4) is 5.88 Å². The Bertz CT molecular complexity index is 980. The van der Waals surface area contributed by atoms with Crippen LogP contribution in [0.4, 0.5) is 13.2 Å². The monoisotopic (exact) mass is 493 g/mol. The molecule has 1 aromatic heterocycles. The van der Waals surface area contributed by atoms with Gasteiger partial charge in [-0.1, -0.05) is 30.3 Å². The SMILES string of the molecule is COc1cccc(C2CCN(Cc3ccc([C@H](NS(C)(=O)=O)C(F)(F)F)cc3)CC2)n1.Cl. The molecular formula is C21H27ClF3N3O3S. The first kappa shape index (κ1) is 26.4. The van der Waals surface area contributed by atoms with Crippen LogP contribution in [-0.2, 0) is 16.6 Å². The Balaban J connectivity index is 0.00000363. The Morgan fingerprint density at radius 3 is 2.31 bits per heavy atom. The van der Waals surface area contributed by atoms with Gasteiger partial charge in [-0.15, -0.1) is 12.4 Å². The maximum absolute atomic E-state index is 13.3. The van der Waals surface area contributed by atoms with Crippen LogP contribution in [-0.4, -0.2) is 50.9 Å². The lowest BCUT2D eigenvalue weighted by Crippen LogP contribution is -2.37. The van der Waals surface area contributed by atoms with Gasteiger partial charge >= 0.3 is 6.18 Å². The van der Waals surface area contributed by atoms with Crippen molar-refractivity contribution in [3.05, 3.63) is 59.3 Å².